The van der Waals surface area contributed by atoms with Gasteiger partial charge in [0.05, 0.1) is 5.69 Å². The number of rotatable bonds is 2. The molecule has 0 saturated heterocycles. The molecule has 102 valence electrons. The van der Waals surface area contributed by atoms with Crippen molar-refractivity contribution in [3.63, 3.8) is 0 Å². The zero-order chi connectivity index (χ0) is 13.7. The van der Waals surface area contributed by atoms with Crippen LogP contribution in [-0.4, -0.2) is 22.9 Å². The summed E-state index contributed by atoms with van der Waals surface area (Å²) in [4.78, 5) is 16.8. The van der Waals surface area contributed by atoms with Crippen LogP contribution in [0, 0.1) is 0 Å². The minimum Gasteiger partial charge on any atom is -0.481 e. The van der Waals surface area contributed by atoms with Crippen LogP contribution in [0.1, 0.15) is 22.9 Å². The number of hydrogen-bond donors (Lipinski definition) is 1. The van der Waals surface area contributed by atoms with Gasteiger partial charge in [0.2, 0.25) is 6.79 Å². The Morgan fingerprint density at radius 2 is 2.20 bits per heavy atom. The van der Waals surface area contributed by atoms with Crippen molar-refractivity contribution < 1.29 is 19.4 Å². The lowest BCUT2D eigenvalue weighted by molar-refractivity contribution is -0.138. The number of carboxylic acid groups (broad SMARTS) is 1. The van der Waals surface area contributed by atoms with E-state index in [0.717, 1.165) is 33.3 Å². The Balaban J connectivity index is 1.74. The third-order valence-corrected chi connectivity index (χ3v) is 4.82. The lowest BCUT2D eigenvalue weighted by Gasteiger charge is -2.02. The second kappa shape index (κ2) is 4.21. The van der Waals surface area contributed by atoms with Crippen molar-refractivity contribution >= 4 is 17.3 Å². The molecule has 2 aliphatic rings. The Kier molecular flexibility index (Phi) is 2.47. The average Bonchev–Trinajstić information content (AvgIpc) is 3.11. The number of carbonyl (C=O) groups is 1. The summed E-state index contributed by atoms with van der Waals surface area (Å²) in [6.45, 7) is 0.244. The average molecular weight is 289 g/mol. The highest BCUT2D eigenvalue weighted by Crippen LogP contribution is 2.42. The Morgan fingerprint density at radius 1 is 1.35 bits per heavy atom. The number of fused-ring (bicyclic) bond motifs is 2. The Hall–Kier alpha value is -2.08. The van der Waals surface area contributed by atoms with Gasteiger partial charge in [-0.05, 0) is 31.0 Å². The molecule has 4 rings (SSSR count). The van der Waals surface area contributed by atoms with E-state index in [0.29, 0.717) is 12.2 Å². The van der Waals surface area contributed by atoms with Gasteiger partial charge in [-0.1, -0.05) is 0 Å². The molecule has 0 radical (unpaired) electrons. The van der Waals surface area contributed by atoms with Crippen molar-refractivity contribution in [3.05, 3.63) is 28.8 Å². The fourth-order valence-corrected chi connectivity index (χ4v) is 3.76. The lowest BCUT2D eigenvalue weighted by Crippen LogP contribution is -2.08. The van der Waals surface area contributed by atoms with Gasteiger partial charge in [-0.3, -0.25) is 4.79 Å². The van der Waals surface area contributed by atoms with Crippen LogP contribution in [0.4, 0.5) is 0 Å². The Bertz CT molecular complexity index is 709. The fraction of sp³-hybridized carbons (Fsp3) is 0.286. The van der Waals surface area contributed by atoms with Gasteiger partial charge in [-0.25, -0.2) is 4.98 Å². The number of benzene rings is 1. The van der Waals surface area contributed by atoms with Crippen molar-refractivity contribution in [2.45, 2.75) is 18.8 Å². The second-order valence-electron chi connectivity index (χ2n) is 4.82. The molecule has 1 unspecified atom stereocenters. The Labute approximate surface area is 118 Å². The van der Waals surface area contributed by atoms with Gasteiger partial charge < -0.3 is 14.6 Å². The fourth-order valence-electron chi connectivity index (χ4n) is 2.62. The molecule has 2 aromatic rings. The molecule has 1 aromatic carbocycles. The number of ether oxygens (including phenoxy) is 2. The summed E-state index contributed by atoms with van der Waals surface area (Å²) in [5.74, 6) is 0.212. The predicted molar refractivity (Wildman–Crippen MR) is 72.4 cm³/mol. The summed E-state index contributed by atoms with van der Waals surface area (Å²) in [6.07, 6.45) is 1.46. The standard InChI is InChI=1S/C14H11NO4S/c16-14(17)8-2-4-11-12(8)15-13(20-11)7-1-3-9-10(5-7)19-6-18-9/h1,3,5,8H,2,4,6H2,(H,16,17). The molecule has 0 fully saturated rings. The maximum Gasteiger partial charge on any atom is 0.312 e. The molecular weight excluding hydrogens is 278 g/mol. The van der Waals surface area contributed by atoms with Gasteiger partial charge in [0.1, 0.15) is 10.9 Å². The molecule has 1 atom stereocenters. The van der Waals surface area contributed by atoms with Gasteiger partial charge in [-0.15, -0.1) is 11.3 Å². The summed E-state index contributed by atoms with van der Waals surface area (Å²) >= 11 is 1.57. The summed E-state index contributed by atoms with van der Waals surface area (Å²) < 4.78 is 10.6. The van der Waals surface area contributed by atoms with Crippen LogP contribution in [0.5, 0.6) is 11.5 Å². The first-order chi connectivity index (χ1) is 9.72. The second-order valence-corrected chi connectivity index (χ2v) is 5.91. The predicted octanol–water partition coefficient (Wildman–Crippen LogP) is 2.65. The topological polar surface area (TPSA) is 68.7 Å². The third kappa shape index (κ3) is 1.68. The molecule has 6 heteroatoms. The van der Waals surface area contributed by atoms with Crippen molar-refractivity contribution in [2.75, 3.05) is 6.79 Å². The summed E-state index contributed by atoms with van der Waals surface area (Å²) in [5.41, 5.74) is 1.67. The normalized spacial score (nSPS) is 19.1. The van der Waals surface area contributed by atoms with Gasteiger partial charge >= 0.3 is 5.97 Å². The van der Waals surface area contributed by atoms with Gasteiger partial charge in [0.15, 0.2) is 11.5 Å². The van der Waals surface area contributed by atoms with Crippen LogP contribution in [0.25, 0.3) is 10.6 Å². The summed E-state index contributed by atoms with van der Waals surface area (Å²) in [5, 5.41) is 10.0. The first-order valence-electron chi connectivity index (χ1n) is 6.35. The highest BCUT2D eigenvalue weighted by Gasteiger charge is 2.32. The van der Waals surface area contributed by atoms with Gasteiger partial charge in [-0.2, -0.15) is 0 Å². The van der Waals surface area contributed by atoms with E-state index in [4.69, 9.17) is 9.47 Å². The van der Waals surface area contributed by atoms with E-state index in [1.165, 1.54) is 0 Å². The third-order valence-electron chi connectivity index (χ3n) is 3.64. The molecule has 1 aromatic heterocycles. The monoisotopic (exact) mass is 289 g/mol. The quantitative estimate of drug-likeness (QED) is 0.920. The zero-order valence-electron chi connectivity index (χ0n) is 10.5. The highest BCUT2D eigenvalue weighted by molar-refractivity contribution is 7.15. The van der Waals surface area contributed by atoms with Crippen LogP contribution >= 0.6 is 11.3 Å². The van der Waals surface area contributed by atoms with E-state index in [-0.39, 0.29) is 6.79 Å². The number of carboxylic acids is 1. The number of hydrogen-bond acceptors (Lipinski definition) is 5. The SMILES string of the molecule is O=C(O)C1CCc2sc(-c3ccc4c(c3)OCO4)nc21. The molecule has 0 spiro atoms. The number of aromatic nitrogens is 1. The molecule has 0 bridgehead atoms. The molecule has 2 heterocycles. The van der Waals surface area contributed by atoms with Crippen molar-refractivity contribution in [3.8, 4) is 22.1 Å². The molecule has 1 aliphatic carbocycles. The van der Waals surface area contributed by atoms with E-state index < -0.39 is 11.9 Å². The zero-order valence-corrected chi connectivity index (χ0v) is 11.3. The van der Waals surface area contributed by atoms with Crippen LogP contribution < -0.4 is 9.47 Å². The number of nitrogens with zero attached hydrogens (tertiary/aromatic N) is 1. The Morgan fingerprint density at radius 3 is 3.05 bits per heavy atom. The maximum atomic E-state index is 11.2. The van der Waals surface area contributed by atoms with E-state index in [1.54, 1.807) is 11.3 Å². The molecule has 20 heavy (non-hydrogen) atoms. The van der Waals surface area contributed by atoms with Crippen LogP contribution in [0.3, 0.4) is 0 Å². The molecule has 1 N–H and O–H groups in total. The minimum atomic E-state index is -0.786. The minimum absolute atomic E-state index is 0.244. The largest absolute Gasteiger partial charge is 0.481 e. The molecule has 0 amide bonds. The van der Waals surface area contributed by atoms with Crippen LogP contribution in [0.15, 0.2) is 18.2 Å². The maximum absolute atomic E-state index is 11.2. The first kappa shape index (κ1) is 11.7. The number of aliphatic carboxylic acids is 1. The number of thiazole rings is 1. The van der Waals surface area contributed by atoms with Crippen LogP contribution in [0.2, 0.25) is 0 Å². The lowest BCUT2D eigenvalue weighted by atomic mass is 10.1. The van der Waals surface area contributed by atoms with E-state index in [1.807, 2.05) is 18.2 Å². The summed E-state index contributed by atoms with van der Waals surface area (Å²) in [7, 11) is 0. The van der Waals surface area contributed by atoms with Crippen molar-refractivity contribution in [1.82, 2.24) is 4.98 Å². The molecule has 5 nitrogen and oxygen atoms in total. The molecular formula is C14H11NO4S. The van der Waals surface area contributed by atoms with Gasteiger partial charge in [0.25, 0.3) is 0 Å². The van der Waals surface area contributed by atoms with Gasteiger partial charge in [0, 0.05) is 10.4 Å². The smallest absolute Gasteiger partial charge is 0.312 e. The molecule has 0 saturated carbocycles. The van der Waals surface area contributed by atoms with E-state index in [9.17, 15) is 9.90 Å². The highest BCUT2D eigenvalue weighted by atomic mass is 32.1. The van der Waals surface area contributed by atoms with E-state index in [2.05, 4.69) is 4.98 Å². The van der Waals surface area contributed by atoms with Crippen molar-refractivity contribution in [2.24, 2.45) is 0 Å². The van der Waals surface area contributed by atoms with Crippen LogP contribution in [-0.2, 0) is 11.2 Å². The number of aryl methyl sites for hydroxylation is 1. The molecule has 1 aliphatic heterocycles. The van der Waals surface area contributed by atoms with E-state index >= 15 is 0 Å². The van der Waals surface area contributed by atoms with Crippen molar-refractivity contribution in [1.29, 1.82) is 0 Å². The first-order valence-corrected chi connectivity index (χ1v) is 7.16. The summed E-state index contributed by atoms with van der Waals surface area (Å²) in [6, 6.07) is 5.68.